The Morgan fingerprint density at radius 2 is 2.17 bits per heavy atom. The maximum atomic E-state index is 13.2. The Balaban J connectivity index is 2.65. The molecule has 5 nitrogen and oxygen atoms in total. The summed E-state index contributed by atoms with van der Waals surface area (Å²) in [7, 11) is 1.47. The number of nitrogens with zero attached hydrogens (tertiary/aromatic N) is 1. The van der Waals surface area contributed by atoms with Crippen LogP contribution < -0.4 is 15.7 Å². The summed E-state index contributed by atoms with van der Waals surface area (Å²) in [5, 5.41) is 0.139. The molecule has 0 unspecified atom stereocenters. The largest absolute Gasteiger partial charge is 0.495 e. The first-order valence-corrected chi connectivity index (χ1v) is 5.82. The lowest BCUT2D eigenvalue weighted by atomic mass is 10.2. The van der Waals surface area contributed by atoms with E-state index >= 15 is 0 Å². The van der Waals surface area contributed by atoms with Crippen LogP contribution in [0, 0.1) is 0 Å². The van der Waals surface area contributed by atoms with Crippen LogP contribution in [0.5, 0.6) is 5.75 Å². The van der Waals surface area contributed by atoms with E-state index in [4.69, 9.17) is 4.74 Å². The molecule has 0 saturated heterocycles. The molecular formula is C11H7FN2O3S. The van der Waals surface area contributed by atoms with Crippen LogP contribution in [-0.4, -0.2) is 16.3 Å². The first-order chi connectivity index (χ1) is 8.63. The van der Waals surface area contributed by atoms with Crippen molar-refractivity contribution >= 4 is 32.7 Å². The van der Waals surface area contributed by atoms with E-state index in [0.717, 1.165) is 0 Å². The summed E-state index contributed by atoms with van der Waals surface area (Å²) >= 11 is 0.553. The van der Waals surface area contributed by atoms with Crippen molar-refractivity contribution in [1.29, 1.82) is 0 Å². The Labute approximate surface area is 103 Å². The quantitative estimate of drug-likeness (QED) is 0.728. The number of halogens is 1. The zero-order chi connectivity index (χ0) is 12.9. The van der Waals surface area contributed by atoms with Crippen molar-refractivity contribution in [3.63, 3.8) is 0 Å². The van der Waals surface area contributed by atoms with E-state index in [1.807, 2.05) is 0 Å². The van der Waals surface area contributed by atoms with Crippen LogP contribution in [0.15, 0.2) is 27.8 Å². The summed E-state index contributed by atoms with van der Waals surface area (Å²) in [4.78, 5) is 26.7. The summed E-state index contributed by atoms with van der Waals surface area (Å²) in [5.41, 5.74) is -0.962. The van der Waals surface area contributed by atoms with Gasteiger partial charge < -0.3 is 9.72 Å². The highest BCUT2D eigenvalue weighted by Crippen LogP contribution is 2.24. The molecule has 2 aromatic heterocycles. The lowest BCUT2D eigenvalue weighted by Crippen LogP contribution is -2.14. The van der Waals surface area contributed by atoms with Crippen LogP contribution in [0.2, 0.25) is 0 Å². The van der Waals surface area contributed by atoms with E-state index in [1.54, 1.807) is 18.2 Å². The number of benzene rings is 1. The van der Waals surface area contributed by atoms with E-state index in [0.29, 0.717) is 28.2 Å². The molecule has 0 saturated carbocycles. The number of nitrogens with one attached hydrogen (secondary N) is 1. The number of fused-ring (bicyclic) bond motifs is 2. The van der Waals surface area contributed by atoms with Crippen LogP contribution in [0.1, 0.15) is 0 Å². The molecule has 0 radical (unpaired) electrons. The zero-order valence-electron chi connectivity index (χ0n) is 9.19. The Morgan fingerprint density at radius 3 is 2.89 bits per heavy atom. The van der Waals surface area contributed by atoms with Gasteiger partial charge in [0.1, 0.15) is 16.0 Å². The predicted octanol–water partition coefficient (Wildman–Crippen LogP) is 1.65. The molecule has 0 spiro atoms. The van der Waals surface area contributed by atoms with Gasteiger partial charge in [0.05, 0.1) is 18.0 Å². The number of hydrogen-bond acceptors (Lipinski definition) is 4. The minimum Gasteiger partial charge on any atom is -0.495 e. The van der Waals surface area contributed by atoms with E-state index < -0.39 is 11.0 Å². The minimum absolute atomic E-state index is 0.0616. The smallest absolute Gasteiger partial charge is 0.303 e. The van der Waals surface area contributed by atoms with Crippen molar-refractivity contribution in [1.82, 2.24) is 9.16 Å². The number of pyridine rings is 1. The zero-order valence-corrected chi connectivity index (χ0v) is 10.0. The number of H-pyrrole nitrogens is 1. The van der Waals surface area contributed by atoms with Crippen molar-refractivity contribution in [3.8, 4) is 5.75 Å². The Morgan fingerprint density at radius 1 is 1.39 bits per heavy atom. The molecule has 0 fully saturated rings. The predicted molar refractivity (Wildman–Crippen MR) is 67.3 cm³/mol. The number of ether oxygens (including phenoxy) is 1. The van der Waals surface area contributed by atoms with Crippen molar-refractivity contribution in [2.45, 2.75) is 0 Å². The molecule has 3 rings (SSSR count). The maximum Gasteiger partial charge on any atom is 0.303 e. The van der Waals surface area contributed by atoms with Crippen LogP contribution >= 0.6 is 11.5 Å². The van der Waals surface area contributed by atoms with Crippen molar-refractivity contribution in [2.24, 2.45) is 0 Å². The molecule has 92 valence electrons. The number of methoxy groups -OCH3 is 1. The molecule has 1 N–H and O–H groups in total. The average Bonchev–Trinajstić information content (AvgIpc) is 2.65. The molecule has 0 atom stereocenters. The van der Waals surface area contributed by atoms with Crippen molar-refractivity contribution < 1.29 is 9.22 Å². The topological polar surface area (TPSA) is 64.1 Å². The molecule has 0 aliphatic heterocycles. The lowest BCUT2D eigenvalue weighted by Gasteiger charge is -2.04. The van der Waals surface area contributed by atoms with Gasteiger partial charge in [-0.25, -0.2) is 0 Å². The van der Waals surface area contributed by atoms with Gasteiger partial charge >= 0.3 is 5.56 Å². The van der Waals surface area contributed by atoms with Gasteiger partial charge in [-0.15, -0.1) is 0 Å². The number of aromatic nitrogens is 2. The molecule has 0 aliphatic carbocycles. The van der Waals surface area contributed by atoms with Crippen LogP contribution in [0.25, 0.3) is 21.1 Å². The SMILES string of the molecule is COc1cccc2c(=O)c3c(=O)n(F)sc3[nH]c12. The van der Waals surface area contributed by atoms with Gasteiger partial charge in [-0.2, -0.15) is 0 Å². The van der Waals surface area contributed by atoms with Gasteiger partial charge in [-0.05, 0) is 23.7 Å². The molecular weight excluding hydrogens is 259 g/mol. The summed E-state index contributed by atoms with van der Waals surface area (Å²) < 4.78 is 18.2. The van der Waals surface area contributed by atoms with Gasteiger partial charge in [-0.3, -0.25) is 9.59 Å². The van der Waals surface area contributed by atoms with Gasteiger partial charge in [0.25, 0.3) is 0 Å². The van der Waals surface area contributed by atoms with Crippen molar-refractivity contribution in [3.05, 3.63) is 38.8 Å². The molecule has 0 aliphatic rings. The molecule has 7 heteroatoms. The highest BCUT2D eigenvalue weighted by atomic mass is 32.1. The number of rotatable bonds is 1. The van der Waals surface area contributed by atoms with Gasteiger partial charge in [-0.1, -0.05) is 14.7 Å². The standard InChI is InChI=1S/C11H7FN2O3S/c1-17-6-4-2-3-5-8(6)13-10-7(9(5)15)11(16)14(12)18-10/h2-4H,1H3,(H,13,15). The summed E-state index contributed by atoms with van der Waals surface area (Å²) in [6.45, 7) is 0. The molecule has 3 aromatic rings. The van der Waals surface area contributed by atoms with E-state index in [-0.39, 0.29) is 14.4 Å². The first kappa shape index (κ1) is 11.0. The third kappa shape index (κ3) is 1.31. The van der Waals surface area contributed by atoms with Crippen LogP contribution in [0.4, 0.5) is 4.48 Å². The Kier molecular flexibility index (Phi) is 2.24. The van der Waals surface area contributed by atoms with Gasteiger partial charge in [0.2, 0.25) is 5.43 Å². The second-order valence-electron chi connectivity index (χ2n) is 3.68. The normalized spacial score (nSPS) is 11.2. The fourth-order valence-corrected chi connectivity index (χ4v) is 2.66. The first-order valence-electron chi connectivity index (χ1n) is 5.04. The molecule has 2 heterocycles. The third-order valence-electron chi connectivity index (χ3n) is 2.73. The summed E-state index contributed by atoms with van der Waals surface area (Å²) in [5.74, 6) is 0.470. The lowest BCUT2D eigenvalue weighted by molar-refractivity contribution is 0.401. The monoisotopic (exact) mass is 266 g/mol. The third-order valence-corrected chi connectivity index (χ3v) is 3.54. The van der Waals surface area contributed by atoms with E-state index in [1.165, 1.54) is 7.11 Å². The molecule has 0 bridgehead atoms. The fourth-order valence-electron chi connectivity index (χ4n) is 1.91. The van der Waals surface area contributed by atoms with E-state index in [9.17, 15) is 14.1 Å². The average molecular weight is 266 g/mol. The number of aromatic amines is 1. The van der Waals surface area contributed by atoms with Crippen molar-refractivity contribution in [2.75, 3.05) is 7.11 Å². The van der Waals surface area contributed by atoms with Gasteiger partial charge in [0.15, 0.2) is 0 Å². The summed E-state index contributed by atoms with van der Waals surface area (Å²) in [6.07, 6.45) is 0. The second kappa shape index (κ2) is 3.67. The number of para-hydroxylation sites is 1. The summed E-state index contributed by atoms with van der Waals surface area (Å²) in [6, 6.07) is 4.89. The molecule has 18 heavy (non-hydrogen) atoms. The Hall–Kier alpha value is -2.15. The van der Waals surface area contributed by atoms with E-state index in [2.05, 4.69) is 4.98 Å². The maximum absolute atomic E-state index is 13.2. The van der Waals surface area contributed by atoms with Crippen LogP contribution in [-0.2, 0) is 0 Å². The highest BCUT2D eigenvalue weighted by molar-refractivity contribution is 7.13. The molecule has 0 amide bonds. The molecule has 1 aromatic carbocycles. The fraction of sp³-hybridized carbons (Fsp3) is 0.0909. The minimum atomic E-state index is -0.930. The number of hydrogen-bond donors (Lipinski definition) is 1. The highest BCUT2D eigenvalue weighted by Gasteiger charge is 2.15. The Bertz CT molecular complexity index is 877. The van der Waals surface area contributed by atoms with Gasteiger partial charge in [0, 0.05) is 0 Å². The van der Waals surface area contributed by atoms with Crippen LogP contribution in [0.3, 0.4) is 0 Å². The second-order valence-corrected chi connectivity index (χ2v) is 4.59.